The van der Waals surface area contributed by atoms with Crippen molar-refractivity contribution in [3.8, 4) is 17.2 Å². The average Bonchev–Trinajstić information content (AvgIpc) is 3.24. The van der Waals surface area contributed by atoms with E-state index in [-0.39, 0.29) is 11.9 Å². The first-order valence-electron chi connectivity index (χ1n) is 9.87. The predicted molar refractivity (Wildman–Crippen MR) is 117 cm³/mol. The first-order valence-corrected chi connectivity index (χ1v) is 10.2. The van der Waals surface area contributed by atoms with Crippen molar-refractivity contribution < 1.29 is 18.6 Å². The number of rotatable bonds is 4. The molecular formula is C24H20ClFN2O3. The van der Waals surface area contributed by atoms with E-state index >= 15 is 0 Å². The van der Waals surface area contributed by atoms with Gasteiger partial charge in [-0.05, 0) is 54.1 Å². The molecule has 2 aliphatic rings. The van der Waals surface area contributed by atoms with Crippen LogP contribution in [0.15, 0.2) is 65.8 Å². The van der Waals surface area contributed by atoms with E-state index < -0.39 is 6.23 Å². The summed E-state index contributed by atoms with van der Waals surface area (Å²) in [5.74, 6) is 1.75. The van der Waals surface area contributed by atoms with Crippen LogP contribution in [0.1, 0.15) is 35.4 Å². The van der Waals surface area contributed by atoms with Gasteiger partial charge in [-0.15, -0.1) is 0 Å². The van der Waals surface area contributed by atoms with Gasteiger partial charge in [0.25, 0.3) is 0 Å². The highest BCUT2D eigenvalue weighted by molar-refractivity contribution is 6.30. The van der Waals surface area contributed by atoms with Crippen molar-refractivity contribution in [1.82, 2.24) is 5.01 Å². The quantitative estimate of drug-likeness (QED) is 0.521. The van der Waals surface area contributed by atoms with Crippen LogP contribution in [0.5, 0.6) is 17.2 Å². The van der Waals surface area contributed by atoms with E-state index in [1.54, 1.807) is 26.4 Å². The van der Waals surface area contributed by atoms with Gasteiger partial charge in [0, 0.05) is 22.6 Å². The average molecular weight is 439 g/mol. The number of hydrogen-bond acceptors (Lipinski definition) is 5. The molecule has 7 heteroatoms. The summed E-state index contributed by atoms with van der Waals surface area (Å²) < 4.78 is 30.6. The molecule has 0 aromatic heterocycles. The van der Waals surface area contributed by atoms with Crippen LogP contribution in [0.3, 0.4) is 0 Å². The smallest absolute Gasteiger partial charge is 0.214 e. The Morgan fingerprint density at radius 2 is 1.77 bits per heavy atom. The van der Waals surface area contributed by atoms with Crippen molar-refractivity contribution in [2.75, 3.05) is 14.2 Å². The van der Waals surface area contributed by atoms with Crippen molar-refractivity contribution >= 4 is 17.3 Å². The number of ether oxygens (including phenoxy) is 3. The normalized spacial score (nSPS) is 19.2. The molecule has 0 spiro atoms. The summed E-state index contributed by atoms with van der Waals surface area (Å²) in [6.07, 6.45) is 0.197. The highest BCUT2D eigenvalue weighted by atomic mass is 35.5. The van der Waals surface area contributed by atoms with E-state index in [0.29, 0.717) is 22.9 Å². The minimum absolute atomic E-state index is 0.0550. The highest BCUT2D eigenvalue weighted by Crippen LogP contribution is 2.48. The maximum absolute atomic E-state index is 13.4. The third kappa shape index (κ3) is 3.47. The van der Waals surface area contributed by atoms with Crippen LogP contribution in [0.2, 0.25) is 5.02 Å². The van der Waals surface area contributed by atoms with Gasteiger partial charge in [0.1, 0.15) is 11.6 Å². The Kier molecular flexibility index (Phi) is 4.94. The van der Waals surface area contributed by atoms with E-state index in [1.807, 2.05) is 41.4 Å². The summed E-state index contributed by atoms with van der Waals surface area (Å²) in [6.45, 7) is 0. The molecule has 5 rings (SSSR count). The molecule has 3 aromatic rings. The van der Waals surface area contributed by atoms with Crippen molar-refractivity contribution in [2.45, 2.75) is 18.7 Å². The number of hydrazone groups is 1. The van der Waals surface area contributed by atoms with Gasteiger partial charge in [0.05, 0.1) is 26.0 Å². The fourth-order valence-electron chi connectivity index (χ4n) is 4.10. The Hall–Kier alpha value is -3.25. The lowest BCUT2D eigenvalue weighted by Gasteiger charge is -2.38. The second-order valence-corrected chi connectivity index (χ2v) is 7.86. The molecule has 0 saturated heterocycles. The van der Waals surface area contributed by atoms with Crippen LogP contribution in [-0.2, 0) is 0 Å². The molecule has 0 unspecified atom stereocenters. The minimum atomic E-state index is -0.462. The van der Waals surface area contributed by atoms with E-state index in [4.69, 9.17) is 30.9 Å². The summed E-state index contributed by atoms with van der Waals surface area (Å²) >= 11 is 6.28. The molecule has 0 radical (unpaired) electrons. The van der Waals surface area contributed by atoms with E-state index in [1.165, 1.54) is 12.1 Å². The number of halogens is 2. The van der Waals surface area contributed by atoms with Crippen LogP contribution in [0, 0.1) is 5.82 Å². The lowest BCUT2D eigenvalue weighted by Crippen LogP contribution is -2.33. The van der Waals surface area contributed by atoms with Crippen LogP contribution in [-0.4, -0.2) is 24.9 Å². The van der Waals surface area contributed by atoms with Gasteiger partial charge in [-0.1, -0.05) is 23.7 Å². The molecule has 31 heavy (non-hydrogen) atoms. The molecule has 2 aliphatic heterocycles. The zero-order chi connectivity index (χ0) is 21.5. The Bertz CT molecular complexity index is 1170. The van der Waals surface area contributed by atoms with E-state index in [0.717, 1.165) is 28.2 Å². The number of methoxy groups -OCH3 is 2. The lowest BCUT2D eigenvalue weighted by molar-refractivity contribution is -0.0191. The van der Waals surface area contributed by atoms with Crippen molar-refractivity contribution in [3.63, 3.8) is 0 Å². The lowest BCUT2D eigenvalue weighted by atomic mass is 9.96. The van der Waals surface area contributed by atoms with Gasteiger partial charge in [-0.25, -0.2) is 9.40 Å². The monoisotopic (exact) mass is 438 g/mol. The van der Waals surface area contributed by atoms with Crippen molar-refractivity contribution in [1.29, 1.82) is 0 Å². The summed E-state index contributed by atoms with van der Waals surface area (Å²) in [6, 6.07) is 17.6. The van der Waals surface area contributed by atoms with Gasteiger partial charge in [-0.3, -0.25) is 0 Å². The topological polar surface area (TPSA) is 43.3 Å². The predicted octanol–water partition coefficient (Wildman–Crippen LogP) is 5.74. The minimum Gasteiger partial charge on any atom is -0.493 e. The Labute approximate surface area is 184 Å². The Morgan fingerprint density at radius 1 is 1.00 bits per heavy atom. The maximum Gasteiger partial charge on any atom is 0.214 e. The molecule has 0 bridgehead atoms. The second-order valence-electron chi connectivity index (χ2n) is 7.42. The summed E-state index contributed by atoms with van der Waals surface area (Å²) in [5, 5.41) is 7.47. The van der Waals surface area contributed by atoms with Gasteiger partial charge in [0.2, 0.25) is 6.23 Å². The first kappa shape index (κ1) is 19.7. The molecule has 2 atom stereocenters. The summed E-state index contributed by atoms with van der Waals surface area (Å²) in [4.78, 5) is 0. The van der Waals surface area contributed by atoms with Crippen LogP contribution >= 0.6 is 11.6 Å². The molecule has 0 fully saturated rings. The highest BCUT2D eigenvalue weighted by Gasteiger charge is 2.41. The molecule has 0 aliphatic carbocycles. The summed E-state index contributed by atoms with van der Waals surface area (Å²) in [5.41, 5.74) is 3.61. The number of benzene rings is 3. The van der Waals surface area contributed by atoms with Gasteiger partial charge < -0.3 is 14.2 Å². The molecular weight excluding hydrogens is 419 g/mol. The zero-order valence-electron chi connectivity index (χ0n) is 17.0. The SMILES string of the molecule is COc1ccc([C@@H]2Oc3ccc(Cl)cc3[C@@H]3CC(c4ccc(F)cc4)=NN32)cc1OC. The standard InChI is InChI=1S/C24H20ClFN2O3/c1-29-22-9-5-15(11-23(22)30-2)24-28-20(18-12-16(25)6-10-21(18)31-24)13-19(27-28)14-3-7-17(26)8-4-14/h3-12,20,24H,13H2,1-2H3/t20-,24-/m0/s1. The number of hydrogen-bond donors (Lipinski definition) is 0. The maximum atomic E-state index is 13.4. The fraction of sp³-hybridized carbons (Fsp3) is 0.208. The molecule has 0 N–H and O–H groups in total. The van der Waals surface area contributed by atoms with Crippen LogP contribution < -0.4 is 14.2 Å². The Morgan fingerprint density at radius 3 is 2.52 bits per heavy atom. The van der Waals surface area contributed by atoms with Crippen molar-refractivity contribution in [3.05, 3.63) is 88.2 Å². The van der Waals surface area contributed by atoms with Gasteiger partial charge >= 0.3 is 0 Å². The van der Waals surface area contributed by atoms with Crippen molar-refractivity contribution in [2.24, 2.45) is 5.10 Å². The first-order chi connectivity index (χ1) is 15.1. The van der Waals surface area contributed by atoms with Gasteiger partial charge in [0.15, 0.2) is 11.5 Å². The molecule has 0 saturated carbocycles. The molecule has 0 amide bonds. The van der Waals surface area contributed by atoms with Crippen LogP contribution in [0.25, 0.3) is 0 Å². The number of nitrogens with zero attached hydrogens (tertiary/aromatic N) is 2. The van der Waals surface area contributed by atoms with E-state index in [9.17, 15) is 4.39 Å². The third-order valence-corrected chi connectivity index (χ3v) is 5.86. The molecule has 5 nitrogen and oxygen atoms in total. The Balaban J connectivity index is 1.60. The number of fused-ring (bicyclic) bond motifs is 3. The van der Waals surface area contributed by atoms with Crippen LogP contribution in [0.4, 0.5) is 4.39 Å². The van der Waals surface area contributed by atoms with E-state index in [2.05, 4.69) is 0 Å². The largest absolute Gasteiger partial charge is 0.493 e. The third-order valence-electron chi connectivity index (χ3n) is 5.62. The molecule has 3 aromatic carbocycles. The summed E-state index contributed by atoms with van der Waals surface area (Å²) in [7, 11) is 3.20. The fourth-order valence-corrected chi connectivity index (χ4v) is 4.28. The zero-order valence-corrected chi connectivity index (χ0v) is 17.8. The van der Waals surface area contributed by atoms with Gasteiger partial charge in [-0.2, -0.15) is 5.10 Å². The second kappa shape index (κ2) is 7.78. The molecule has 2 heterocycles. The molecule has 158 valence electrons.